The van der Waals surface area contributed by atoms with Crippen LogP contribution in [0, 0.1) is 5.92 Å². The Bertz CT molecular complexity index is 1150. The predicted molar refractivity (Wildman–Crippen MR) is 127 cm³/mol. The number of ether oxygens (including phenoxy) is 3. The highest BCUT2D eigenvalue weighted by Crippen LogP contribution is 2.34. The van der Waals surface area contributed by atoms with Crippen LogP contribution in [-0.2, 0) is 16.0 Å². The molecule has 2 unspecified atom stereocenters. The summed E-state index contributed by atoms with van der Waals surface area (Å²) in [6, 6.07) is 8.00. The van der Waals surface area contributed by atoms with Crippen molar-refractivity contribution in [1.29, 1.82) is 0 Å². The molecule has 8 nitrogen and oxygen atoms in total. The molecule has 2 aliphatic rings. The Labute approximate surface area is 196 Å². The summed E-state index contributed by atoms with van der Waals surface area (Å²) in [7, 11) is 0. The van der Waals surface area contributed by atoms with Crippen molar-refractivity contribution in [2.75, 3.05) is 37.9 Å². The molecule has 2 aromatic heterocycles. The van der Waals surface area contributed by atoms with Crippen LogP contribution in [0.5, 0.6) is 11.5 Å². The minimum absolute atomic E-state index is 0.0182. The lowest BCUT2D eigenvalue weighted by molar-refractivity contribution is -0.154. The number of carbonyl (C=O) groups excluding carboxylic acids is 1. The second-order valence-electron chi connectivity index (χ2n) is 8.50. The number of piperidine rings is 1. The fraction of sp³-hybridized carbons (Fsp3) is 0.458. The summed E-state index contributed by atoms with van der Waals surface area (Å²) in [5.41, 5.74) is 0.393. The van der Waals surface area contributed by atoms with E-state index in [9.17, 15) is 4.79 Å². The molecule has 1 aromatic carbocycles. The number of fused-ring (bicyclic) bond motifs is 2. The lowest BCUT2D eigenvalue weighted by Crippen LogP contribution is -2.64. The second-order valence-corrected chi connectivity index (χ2v) is 9.40. The van der Waals surface area contributed by atoms with Crippen molar-refractivity contribution in [3.8, 4) is 11.5 Å². The van der Waals surface area contributed by atoms with Crippen molar-refractivity contribution in [1.82, 2.24) is 15.3 Å². The minimum atomic E-state index is -0.740. The number of esters is 1. The van der Waals surface area contributed by atoms with E-state index in [1.807, 2.05) is 42.8 Å². The molecule has 0 amide bonds. The second kappa shape index (κ2) is 9.15. The molecule has 4 heterocycles. The Kier molecular flexibility index (Phi) is 6.07. The van der Waals surface area contributed by atoms with Gasteiger partial charge in [0, 0.05) is 37.1 Å². The van der Waals surface area contributed by atoms with Gasteiger partial charge < -0.3 is 24.4 Å². The Hall–Kier alpha value is -2.91. The molecule has 9 heteroatoms. The Morgan fingerprint density at radius 2 is 2.21 bits per heavy atom. The highest BCUT2D eigenvalue weighted by molar-refractivity contribution is 7.16. The number of hydrogen-bond donors (Lipinski definition) is 1. The molecule has 0 aliphatic carbocycles. The van der Waals surface area contributed by atoms with Crippen molar-refractivity contribution in [3.05, 3.63) is 41.4 Å². The first-order valence-corrected chi connectivity index (χ1v) is 12.2. The van der Waals surface area contributed by atoms with Crippen LogP contribution in [0.15, 0.2) is 35.8 Å². The number of aromatic nitrogens is 2. The molecule has 0 spiro atoms. The Balaban J connectivity index is 1.29. The molecule has 174 valence electrons. The topological polar surface area (TPSA) is 85.8 Å². The van der Waals surface area contributed by atoms with E-state index in [-0.39, 0.29) is 18.7 Å². The van der Waals surface area contributed by atoms with Gasteiger partial charge in [0.15, 0.2) is 11.5 Å². The van der Waals surface area contributed by atoms with Gasteiger partial charge in [-0.25, -0.2) is 9.97 Å². The molecule has 1 saturated heterocycles. The molecule has 3 aromatic rings. The monoisotopic (exact) mass is 468 g/mol. The van der Waals surface area contributed by atoms with Crippen LogP contribution < -0.4 is 19.7 Å². The molecule has 2 aliphatic heterocycles. The number of carbonyl (C=O) groups is 1. The van der Waals surface area contributed by atoms with Gasteiger partial charge >= 0.3 is 5.97 Å². The van der Waals surface area contributed by atoms with Gasteiger partial charge in [0.2, 0.25) is 12.7 Å². The SMILES string of the molecule is CCOC(=O)C1(NCCc2ccc3c(c2)OCO3)CCN(c2ncc3ccsc3n2)CC1C. The van der Waals surface area contributed by atoms with Crippen LogP contribution >= 0.6 is 11.3 Å². The Morgan fingerprint density at radius 1 is 1.33 bits per heavy atom. The number of nitrogens with one attached hydrogen (secondary N) is 1. The molecular weight excluding hydrogens is 440 g/mol. The zero-order valence-corrected chi connectivity index (χ0v) is 19.7. The molecule has 5 rings (SSSR count). The maximum Gasteiger partial charge on any atom is 0.326 e. The quantitative estimate of drug-likeness (QED) is 0.528. The summed E-state index contributed by atoms with van der Waals surface area (Å²) in [4.78, 5) is 25.6. The zero-order chi connectivity index (χ0) is 22.8. The van der Waals surface area contributed by atoms with E-state index >= 15 is 0 Å². The van der Waals surface area contributed by atoms with Gasteiger partial charge in [-0.1, -0.05) is 13.0 Å². The van der Waals surface area contributed by atoms with Crippen LogP contribution in [0.3, 0.4) is 0 Å². The summed E-state index contributed by atoms with van der Waals surface area (Å²) in [6.45, 7) is 6.58. The Morgan fingerprint density at radius 3 is 3.06 bits per heavy atom. The van der Waals surface area contributed by atoms with E-state index in [1.165, 1.54) is 0 Å². The molecule has 0 bridgehead atoms. The van der Waals surface area contributed by atoms with Gasteiger partial charge in [-0.2, -0.15) is 0 Å². The van der Waals surface area contributed by atoms with Crippen LogP contribution in [0.1, 0.15) is 25.8 Å². The van der Waals surface area contributed by atoms with E-state index in [0.717, 1.165) is 39.6 Å². The minimum Gasteiger partial charge on any atom is -0.465 e. The first-order chi connectivity index (χ1) is 16.1. The largest absolute Gasteiger partial charge is 0.465 e. The normalized spacial score (nSPS) is 22.0. The third-order valence-corrected chi connectivity index (χ3v) is 7.34. The van der Waals surface area contributed by atoms with Crippen LogP contribution in [0.2, 0.25) is 0 Å². The van der Waals surface area contributed by atoms with Gasteiger partial charge in [-0.3, -0.25) is 4.79 Å². The molecule has 1 fully saturated rings. The summed E-state index contributed by atoms with van der Waals surface area (Å²) >= 11 is 1.61. The fourth-order valence-corrected chi connectivity index (χ4v) is 5.38. The smallest absolute Gasteiger partial charge is 0.326 e. The van der Waals surface area contributed by atoms with E-state index in [4.69, 9.17) is 19.2 Å². The van der Waals surface area contributed by atoms with Crippen LogP contribution in [0.25, 0.3) is 10.2 Å². The lowest BCUT2D eigenvalue weighted by atomic mass is 9.78. The highest BCUT2D eigenvalue weighted by atomic mass is 32.1. The first-order valence-electron chi connectivity index (χ1n) is 11.3. The lowest BCUT2D eigenvalue weighted by Gasteiger charge is -2.45. The van der Waals surface area contributed by atoms with Crippen molar-refractivity contribution in [2.45, 2.75) is 32.2 Å². The fourth-order valence-electron chi connectivity index (χ4n) is 4.64. The molecule has 1 N–H and O–H groups in total. The molecule has 2 atom stereocenters. The maximum absolute atomic E-state index is 13.1. The van der Waals surface area contributed by atoms with Crippen molar-refractivity contribution in [2.24, 2.45) is 5.92 Å². The summed E-state index contributed by atoms with van der Waals surface area (Å²) in [5, 5.41) is 6.65. The number of thiophene rings is 1. The highest BCUT2D eigenvalue weighted by Gasteiger charge is 2.48. The standard InChI is InChI=1S/C24H28N4O4S/c1-3-30-22(29)24(26-9-6-17-4-5-19-20(12-17)32-15-31-19)8-10-28(14-16(24)2)23-25-13-18-7-11-33-21(18)27-23/h4-5,7,11-13,16,26H,3,6,8-10,14-15H2,1-2H3. The molecular formula is C24H28N4O4S. The number of anilines is 1. The van der Waals surface area contributed by atoms with Crippen molar-refractivity contribution in [3.63, 3.8) is 0 Å². The van der Waals surface area contributed by atoms with Gasteiger partial charge in [0.25, 0.3) is 0 Å². The number of hydrogen-bond acceptors (Lipinski definition) is 9. The van der Waals surface area contributed by atoms with Gasteiger partial charge in [0.1, 0.15) is 10.4 Å². The van der Waals surface area contributed by atoms with Gasteiger partial charge in [-0.05, 0) is 48.9 Å². The number of benzene rings is 1. The summed E-state index contributed by atoms with van der Waals surface area (Å²) in [5.74, 6) is 2.10. The zero-order valence-electron chi connectivity index (χ0n) is 18.9. The third-order valence-electron chi connectivity index (χ3n) is 6.52. The van der Waals surface area contributed by atoms with E-state index in [2.05, 4.69) is 22.1 Å². The number of nitrogens with zero attached hydrogens (tertiary/aromatic N) is 3. The maximum atomic E-state index is 13.1. The van der Waals surface area contributed by atoms with Gasteiger partial charge in [0.05, 0.1) is 6.61 Å². The van der Waals surface area contributed by atoms with Gasteiger partial charge in [-0.15, -0.1) is 11.3 Å². The van der Waals surface area contributed by atoms with E-state index in [0.29, 0.717) is 32.7 Å². The average Bonchev–Trinajstić information content (AvgIpc) is 3.48. The summed E-state index contributed by atoms with van der Waals surface area (Å²) < 4.78 is 16.4. The predicted octanol–water partition coefficient (Wildman–Crippen LogP) is 3.40. The molecule has 0 radical (unpaired) electrons. The van der Waals surface area contributed by atoms with Crippen LogP contribution in [-0.4, -0.2) is 54.5 Å². The average molecular weight is 469 g/mol. The van der Waals surface area contributed by atoms with Crippen LogP contribution in [0.4, 0.5) is 5.95 Å². The molecule has 33 heavy (non-hydrogen) atoms. The van der Waals surface area contributed by atoms with E-state index < -0.39 is 5.54 Å². The number of rotatable bonds is 7. The van der Waals surface area contributed by atoms with Crippen molar-refractivity contribution < 1.29 is 19.0 Å². The first kappa shape index (κ1) is 21.9. The molecule has 0 saturated carbocycles. The van der Waals surface area contributed by atoms with E-state index in [1.54, 1.807) is 11.3 Å². The third kappa shape index (κ3) is 4.22. The van der Waals surface area contributed by atoms with Crippen molar-refractivity contribution >= 4 is 33.5 Å². The summed E-state index contributed by atoms with van der Waals surface area (Å²) in [6.07, 6.45) is 3.27.